The quantitative estimate of drug-likeness (QED) is 0.153. The lowest BCUT2D eigenvalue weighted by atomic mass is 10.0. The number of anilines is 2. The molecule has 4 aromatic rings. The Kier molecular flexibility index (Phi) is 10.2. The van der Waals surface area contributed by atoms with Gasteiger partial charge in [-0.2, -0.15) is 0 Å². The van der Waals surface area contributed by atoms with Crippen LogP contribution in [0.15, 0.2) is 65.8 Å². The lowest BCUT2D eigenvalue weighted by Gasteiger charge is -2.26. The van der Waals surface area contributed by atoms with Crippen LogP contribution in [0.3, 0.4) is 0 Å². The monoisotopic (exact) mass is 685 g/mol. The van der Waals surface area contributed by atoms with E-state index in [0.29, 0.717) is 57.1 Å². The number of hydrogen-bond donors (Lipinski definition) is 3. The molecular formula is C33H31N7O6S2. The molecule has 4 N–H and O–H groups in total. The Hall–Kier alpha value is -4.96. The number of morpholine rings is 1. The average Bonchev–Trinajstić information content (AvgIpc) is 3.35. The number of carbonyl (C=O) groups excluding carboxylic acids is 2. The van der Waals surface area contributed by atoms with Gasteiger partial charge in [0.05, 0.1) is 35.4 Å². The number of thioether (sulfide) groups is 1. The van der Waals surface area contributed by atoms with E-state index in [2.05, 4.69) is 25.2 Å². The number of amides is 2. The summed E-state index contributed by atoms with van der Waals surface area (Å²) in [5.74, 6) is -0.949. The zero-order valence-corrected chi connectivity index (χ0v) is 27.3. The van der Waals surface area contributed by atoms with Gasteiger partial charge in [-0.1, -0.05) is 30.0 Å². The minimum Gasteiger partial charge on any atom is -0.492 e. The zero-order valence-electron chi connectivity index (χ0n) is 25.6. The predicted octanol–water partition coefficient (Wildman–Crippen LogP) is 3.91. The van der Waals surface area contributed by atoms with E-state index in [-0.39, 0.29) is 36.3 Å². The zero-order chi connectivity index (χ0) is 33.6. The van der Waals surface area contributed by atoms with Crippen LogP contribution < -0.4 is 15.8 Å². The van der Waals surface area contributed by atoms with Crippen molar-refractivity contribution in [1.29, 1.82) is 0 Å². The molecule has 2 amide bonds. The van der Waals surface area contributed by atoms with Crippen LogP contribution in [0.25, 0.3) is 28.2 Å². The van der Waals surface area contributed by atoms with Crippen LogP contribution >= 0.6 is 24.0 Å². The number of nitrogens with two attached hydrogens (primary N) is 1. The summed E-state index contributed by atoms with van der Waals surface area (Å²) in [6.45, 7) is 4.33. The largest absolute Gasteiger partial charge is 0.492 e. The Labute approximate surface area is 285 Å². The molecule has 2 aliphatic heterocycles. The van der Waals surface area contributed by atoms with Crippen molar-refractivity contribution >= 4 is 74.8 Å². The first-order valence-electron chi connectivity index (χ1n) is 15.1. The highest BCUT2D eigenvalue weighted by molar-refractivity contribution is 8.26. The molecule has 246 valence electrons. The maximum atomic E-state index is 13.5. The first-order valence-corrected chi connectivity index (χ1v) is 16.3. The van der Waals surface area contributed by atoms with Crippen molar-refractivity contribution in [2.24, 2.45) is 0 Å². The van der Waals surface area contributed by atoms with E-state index in [1.165, 1.54) is 29.2 Å². The van der Waals surface area contributed by atoms with Crippen molar-refractivity contribution in [2.45, 2.75) is 6.42 Å². The summed E-state index contributed by atoms with van der Waals surface area (Å²) in [4.78, 5) is 54.1. The minimum absolute atomic E-state index is 0.00514. The highest BCUT2D eigenvalue weighted by atomic mass is 32.2. The number of benzene rings is 2. The number of aromatic nitrogens is 3. The molecule has 2 fully saturated rings. The van der Waals surface area contributed by atoms with Gasteiger partial charge in [0.25, 0.3) is 5.91 Å². The van der Waals surface area contributed by atoms with E-state index < -0.39 is 5.97 Å². The van der Waals surface area contributed by atoms with Crippen LogP contribution in [0.1, 0.15) is 22.3 Å². The van der Waals surface area contributed by atoms with Crippen LogP contribution in [0.2, 0.25) is 0 Å². The summed E-state index contributed by atoms with van der Waals surface area (Å²) in [7, 11) is 0. The van der Waals surface area contributed by atoms with Gasteiger partial charge in [-0.05, 0) is 54.1 Å². The van der Waals surface area contributed by atoms with Gasteiger partial charge in [0.2, 0.25) is 11.9 Å². The van der Waals surface area contributed by atoms with Gasteiger partial charge in [-0.3, -0.25) is 24.4 Å². The maximum Gasteiger partial charge on any atom is 0.335 e. The number of hydrogen-bond acceptors (Lipinski definition) is 12. The molecule has 2 saturated heterocycles. The van der Waals surface area contributed by atoms with Crippen molar-refractivity contribution in [3.63, 3.8) is 0 Å². The summed E-state index contributed by atoms with van der Waals surface area (Å²) in [5, 5.41) is 11.8. The lowest BCUT2D eigenvalue weighted by Crippen LogP contribution is -2.38. The van der Waals surface area contributed by atoms with E-state index in [4.69, 9.17) is 32.5 Å². The molecule has 0 saturated carbocycles. The van der Waals surface area contributed by atoms with E-state index >= 15 is 0 Å². The molecule has 0 radical (unpaired) electrons. The molecule has 15 heteroatoms. The second-order valence-corrected chi connectivity index (χ2v) is 12.6. The molecule has 2 aromatic carbocycles. The second kappa shape index (κ2) is 14.9. The molecule has 0 aliphatic carbocycles. The van der Waals surface area contributed by atoms with Gasteiger partial charge in [0.1, 0.15) is 22.2 Å². The summed E-state index contributed by atoms with van der Waals surface area (Å²) < 4.78 is 12.0. The van der Waals surface area contributed by atoms with E-state index in [1.54, 1.807) is 18.5 Å². The summed E-state index contributed by atoms with van der Waals surface area (Å²) in [6, 6.07) is 13.4. The van der Waals surface area contributed by atoms with Crippen molar-refractivity contribution in [3.05, 3.63) is 77.0 Å². The standard InChI is InChI=1S/C33H31N7O6S2/c34-32-36-19-26-25(38-32)16-23(18-35-26)21-3-6-27(46-14-11-39-9-12-45-13-10-39)22(15-21)17-28-30(42)40(33(47)48-28)8-7-29(41)37-24-4-1-20(2-5-24)31(43)44/h1-6,15-19H,7-14H2,(H,37,41)(H,43,44)(H2,34,36,38)/b28-17-. The Bertz CT molecular complexity index is 1910. The second-order valence-electron chi connectivity index (χ2n) is 10.9. The third-order valence-corrected chi connectivity index (χ3v) is 9.08. The van der Waals surface area contributed by atoms with Gasteiger partial charge < -0.3 is 25.6 Å². The predicted molar refractivity (Wildman–Crippen MR) is 186 cm³/mol. The molecular weight excluding hydrogens is 655 g/mol. The van der Waals surface area contributed by atoms with Crippen LogP contribution in [0.4, 0.5) is 11.6 Å². The van der Waals surface area contributed by atoms with E-state index in [0.717, 1.165) is 42.5 Å². The van der Waals surface area contributed by atoms with Crippen LogP contribution in [0.5, 0.6) is 5.75 Å². The summed E-state index contributed by atoms with van der Waals surface area (Å²) in [6.07, 6.45) is 5.05. The van der Waals surface area contributed by atoms with Gasteiger partial charge in [0, 0.05) is 55.6 Å². The van der Waals surface area contributed by atoms with Gasteiger partial charge >= 0.3 is 5.97 Å². The highest BCUT2D eigenvalue weighted by Crippen LogP contribution is 2.36. The smallest absolute Gasteiger partial charge is 0.335 e. The van der Waals surface area contributed by atoms with Crippen molar-refractivity contribution in [3.8, 4) is 16.9 Å². The number of carbonyl (C=O) groups is 3. The lowest BCUT2D eigenvalue weighted by molar-refractivity contribution is -0.122. The van der Waals surface area contributed by atoms with Crippen molar-refractivity contribution < 1.29 is 29.0 Å². The van der Waals surface area contributed by atoms with Crippen molar-refractivity contribution in [2.75, 3.05) is 57.1 Å². The molecule has 2 aromatic heterocycles. The number of pyridine rings is 1. The minimum atomic E-state index is -1.06. The fourth-order valence-electron chi connectivity index (χ4n) is 5.14. The number of fused-ring (bicyclic) bond motifs is 1. The topological polar surface area (TPSA) is 173 Å². The molecule has 13 nitrogen and oxygen atoms in total. The third kappa shape index (κ3) is 7.94. The number of aromatic carboxylic acids is 1. The average molecular weight is 686 g/mol. The number of rotatable bonds is 11. The van der Waals surface area contributed by atoms with Gasteiger partial charge in [-0.15, -0.1) is 0 Å². The first-order chi connectivity index (χ1) is 23.2. The summed E-state index contributed by atoms with van der Waals surface area (Å²) in [5.41, 5.74) is 9.89. The Balaban J connectivity index is 1.19. The molecule has 0 atom stereocenters. The molecule has 0 bridgehead atoms. The number of nitrogens with zero attached hydrogens (tertiary/aromatic N) is 5. The van der Waals surface area contributed by atoms with E-state index in [9.17, 15) is 14.4 Å². The fraction of sp³-hybridized carbons (Fsp3) is 0.242. The van der Waals surface area contributed by atoms with Crippen LogP contribution in [-0.2, 0) is 14.3 Å². The molecule has 0 spiro atoms. The molecule has 2 aliphatic rings. The number of nitrogen functional groups attached to an aromatic ring is 1. The van der Waals surface area contributed by atoms with Crippen LogP contribution in [0, 0.1) is 0 Å². The SMILES string of the molecule is Nc1ncc2ncc(-c3ccc(OCCN4CCOCC4)c(/C=C4\SC(=S)N(CCC(=O)Nc5ccc(C(=O)O)cc5)C4=O)c3)cc2n1. The molecule has 48 heavy (non-hydrogen) atoms. The third-order valence-electron chi connectivity index (χ3n) is 7.70. The van der Waals surface area contributed by atoms with Gasteiger partial charge in [-0.25, -0.2) is 14.8 Å². The van der Waals surface area contributed by atoms with Gasteiger partial charge in [0.15, 0.2) is 0 Å². The first kappa shape index (κ1) is 33.0. The summed E-state index contributed by atoms with van der Waals surface area (Å²) >= 11 is 6.68. The van der Waals surface area contributed by atoms with E-state index in [1.807, 2.05) is 24.3 Å². The number of carboxylic acid groups (broad SMARTS) is 1. The molecule has 0 unspecified atom stereocenters. The number of carboxylic acids is 1. The Morgan fingerprint density at radius 1 is 1.04 bits per heavy atom. The highest BCUT2D eigenvalue weighted by Gasteiger charge is 2.32. The maximum absolute atomic E-state index is 13.5. The van der Waals surface area contributed by atoms with Crippen LogP contribution in [-0.4, -0.2) is 98.0 Å². The Morgan fingerprint density at radius 3 is 2.60 bits per heavy atom. The fourth-order valence-corrected chi connectivity index (χ4v) is 6.44. The number of nitrogens with one attached hydrogen (secondary N) is 1. The molecule has 4 heterocycles. The molecule has 6 rings (SSSR count). The number of thiocarbonyl (C=S) groups is 1. The Morgan fingerprint density at radius 2 is 1.83 bits per heavy atom. The number of ether oxygens (including phenoxy) is 2. The van der Waals surface area contributed by atoms with Crippen molar-refractivity contribution in [1.82, 2.24) is 24.8 Å². The normalized spacial score (nSPS) is 16.1.